The second-order valence-electron chi connectivity index (χ2n) is 4.46. The van der Waals surface area contributed by atoms with Gasteiger partial charge >= 0.3 is 5.97 Å². The second-order valence-corrected chi connectivity index (χ2v) is 5.56. The van der Waals surface area contributed by atoms with Crippen molar-refractivity contribution < 1.29 is 14.4 Å². The zero-order valence-corrected chi connectivity index (χ0v) is 10.5. The molecule has 5 nitrogen and oxygen atoms in total. The summed E-state index contributed by atoms with van der Waals surface area (Å²) < 4.78 is 5.07. The van der Waals surface area contributed by atoms with Gasteiger partial charge in [-0.25, -0.2) is 0 Å². The van der Waals surface area contributed by atoms with Crippen molar-refractivity contribution in [3.05, 3.63) is 11.7 Å². The fraction of sp³-hybridized carbons (Fsp3) is 0.700. The Bertz CT molecular complexity index is 357. The zero-order valence-electron chi connectivity index (χ0n) is 9.69. The number of hydrogen-bond donors (Lipinski definition) is 1. The Morgan fingerprint density at radius 2 is 2.19 bits per heavy atom. The largest absolute Gasteiger partial charge is 0.481 e. The van der Waals surface area contributed by atoms with Crippen LogP contribution in [-0.4, -0.2) is 27.0 Å². The van der Waals surface area contributed by atoms with Gasteiger partial charge in [-0.2, -0.15) is 16.7 Å². The van der Waals surface area contributed by atoms with Crippen molar-refractivity contribution in [1.29, 1.82) is 0 Å². The Kier molecular flexibility index (Phi) is 4.35. The average Bonchev–Trinajstić information content (AvgIpc) is 2.59. The summed E-state index contributed by atoms with van der Waals surface area (Å²) in [5.41, 5.74) is -0.118. The molecule has 1 heterocycles. The lowest BCUT2D eigenvalue weighted by molar-refractivity contribution is -0.136. The summed E-state index contributed by atoms with van der Waals surface area (Å²) >= 11 is 1.48. The van der Waals surface area contributed by atoms with Gasteiger partial charge in [0.1, 0.15) is 0 Å². The Morgan fingerprint density at radius 3 is 2.69 bits per heavy atom. The average molecular weight is 244 g/mol. The molecule has 90 valence electrons. The third-order valence-electron chi connectivity index (χ3n) is 1.82. The molecule has 1 N–H and O–H groups in total. The molecule has 0 fully saturated rings. The van der Waals surface area contributed by atoms with Crippen LogP contribution in [-0.2, 0) is 16.0 Å². The van der Waals surface area contributed by atoms with Gasteiger partial charge in [-0.1, -0.05) is 25.9 Å². The van der Waals surface area contributed by atoms with Gasteiger partial charge in [-0.15, -0.1) is 0 Å². The van der Waals surface area contributed by atoms with E-state index < -0.39 is 5.97 Å². The third-order valence-corrected chi connectivity index (χ3v) is 2.77. The van der Waals surface area contributed by atoms with Crippen molar-refractivity contribution in [1.82, 2.24) is 10.1 Å². The highest BCUT2D eigenvalue weighted by molar-refractivity contribution is 7.98. The first kappa shape index (κ1) is 13.0. The Balaban J connectivity index is 2.38. The number of aromatic nitrogens is 2. The van der Waals surface area contributed by atoms with E-state index in [1.165, 1.54) is 11.8 Å². The van der Waals surface area contributed by atoms with Crippen LogP contribution in [0.1, 0.15) is 38.9 Å². The number of carboxylic acids is 1. The maximum absolute atomic E-state index is 10.3. The van der Waals surface area contributed by atoms with Crippen LogP contribution in [0.5, 0.6) is 0 Å². The van der Waals surface area contributed by atoms with Crippen molar-refractivity contribution in [2.75, 3.05) is 5.75 Å². The second kappa shape index (κ2) is 5.34. The van der Waals surface area contributed by atoms with E-state index in [9.17, 15) is 4.79 Å². The highest BCUT2D eigenvalue weighted by Crippen LogP contribution is 2.20. The molecular weight excluding hydrogens is 228 g/mol. The van der Waals surface area contributed by atoms with Crippen LogP contribution in [0.15, 0.2) is 4.52 Å². The molecule has 0 saturated heterocycles. The number of carbonyl (C=O) groups is 1. The van der Waals surface area contributed by atoms with Gasteiger partial charge < -0.3 is 9.63 Å². The number of hydrogen-bond acceptors (Lipinski definition) is 5. The van der Waals surface area contributed by atoms with Crippen LogP contribution in [0.25, 0.3) is 0 Å². The molecule has 0 aliphatic heterocycles. The van der Waals surface area contributed by atoms with E-state index >= 15 is 0 Å². The molecule has 0 atom stereocenters. The maximum atomic E-state index is 10.3. The van der Waals surface area contributed by atoms with Crippen LogP contribution in [0.4, 0.5) is 0 Å². The fourth-order valence-corrected chi connectivity index (χ4v) is 1.69. The van der Waals surface area contributed by atoms with E-state index in [1.54, 1.807) is 0 Å². The van der Waals surface area contributed by atoms with E-state index in [0.717, 1.165) is 0 Å². The fourth-order valence-electron chi connectivity index (χ4n) is 0.937. The molecule has 0 saturated carbocycles. The quantitative estimate of drug-likeness (QED) is 0.799. The molecule has 1 rings (SSSR count). The van der Waals surface area contributed by atoms with E-state index in [0.29, 0.717) is 23.2 Å². The summed E-state index contributed by atoms with van der Waals surface area (Å²) in [6.07, 6.45) is 0.158. The summed E-state index contributed by atoms with van der Waals surface area (Å²) in [4.78, 5) is 14.5. The van der Waals surface area contributed by atoms with E-state index in [2.05, 4.69) is 10.1 Å². The van der Waals surface area contributed by atoms with Gasteiger partial charge in [0, 0.05) is 11.2 Å². The predicted molar refractivity (Wildman–Crippen MR) is 61.4 cm³/mol. The molecule has 1 aromatic heterocycles. The first-order chi connectivity index (χ1) is 7.39. The van der Waals surface area contributed by atoms with Gasteiger partial charge in [-0.05, 0) is 0 Å². The molecule has 0 aromatic carbocycles. The van der Waals surface area contributed by atoms with Crippen molar-refractivity contribution in [3.63, 3.8) is 0 Å². The highest BCUT2D eigenvalue weighted by atomic mass is 32.2. The molecule has 0 aliphatic carbocycles. The number of aliphatic carboxylic acids is 1. The lowest BCUT2D eigenvalue weighted by Gasteiger charge is -2.10. The zero-order chi connectivity index (χ0) is 12.2. The van der Waals surface area contributed by atoms with Gasteiger partial charge in [0.25, 0.3) is 0 Å². The van der Waals surface area contributed by atoms with Crippen molar-refractivity contribution in [2.24, 2.45) is 0 Å². The minimum atomic E-state index is -0.784. The minimum Gasteiger partial charge on any atom is -0.481 e. The van der Waals surface area contributed by atoms with Gasteiger partial charge in [0.05, 0.1) is 12.2 Å². The van der Waals surface area contributed by atoms with E-state index in [1.807, 2.05) is 20.8 Å². The molecular formula is C10H16N2O3S. The molecule has 16 heavy (non-hydrogen) atoms. The van der Waals surface area contributed by atoms with E-state index in [4.69, 9.17) is 9.63 Å². The van der Waals surface area contributed by atoms with Crippen LogP contribution in [0.2, 0.25) is 0 Å². The smallest absolute Gasteiger partial charge is 0.304 e. The molecule has 1 aromatic rings. The van der Waals surface area contributed by atoms with Crippen molar-refractivity contribution in [2.45, 2.75) is 38.4 Å². The minimum absolute atomic E-state index is 0.118. The molecule has 0 spiro atoms. The Morgan fingerprint density at radius 1 is 1.50 bits per heavy atom. The Labute approximate surface area is 98.6 Å². The number of thioether (sulfide) groups is 1. The van der Waals surface area contributed by atoms with Crippen molar-refractivity contribution in [3.8, 4) is 0 Å². The number of nitrogens with zero attached hydrogens (tertiary/aromatic N) is 2. The molecule has 0 bridgehead atoms. The SMILES string of the molecule is CC(C)(C)c1noc(CSCCC(=O)O)n1. The third kappa shape index (κ3) is 4.22. The standard InChI is InChI=1S/C10H16N2O3S/c1-10(2,3)9-11-7(15-12-9)6-16-5-4-8(13)14/h4-6H2,1-3H3,(H,13,14). The molecule has 6 heteroatoms. The summed E-state index contributed by atoms with van der Waals surface area (Å²) in [6.45, 7) is 6.04. The van der Waals surface area contributed by atoms with Gasteiger partial charge in [-0.3, -0.25) is 4.79 Å². The number of rotatable bonds is 5. The molecule has 0 aliphatic rings. The van der Waals surface area contributed by atoms with Crippen LogP contribution in [0, 0.1) is 0 Å². The topological polar surface area (TPSA) is 76.2 Å². The van der Waals surface area contributed by atoms with Crippen LogP contribution in [0.3, 0.4) is 0 Å². The molecule has 0 unspecified atom stereocenters. The maximum Gasteiger partial charge on any atom is 0.304 e. The van der Waals surface area contributed by atoms with E-state index in [-0.39, 0.29) is 11.8 Å². The monoisotopic (exact) mass is 244 g/mol. The lowest BCUT2D eigenvalue weighted by Crippen LogP contribution is -2.13. The summed E-state index contributed by atoms with van der Waals surface area (Å²) in [6, 6.07) is 0. The summed E-state index contributed by atoms with van der Waals surface area (Å²) in [7, 11) is 0. The molecule has 0 amide bonds. The summed E-state index contributed by atoms with van der Waals surface area (Å²) in [5, 5.41) is 12.3. The van der Waals surface area contributed by atoms with Crippen molar-refractivity contribution >= 4 is 17.7 Å². The molecule has 0 radical (unpaired) electrons. The lowest BCUT2D eigenvalue weighted by atomic mass is 9.96. The Hall–Kier alpha value is -1.04. The summed E-state index contributed by atoms with van der Waals surface area (Å²) in [5.74, 6) is 1.58. The highest BCUT2D eigenvalue weighted by Gasteiger charge is 2.20. The van der Waals surface area contributed by atoms with Crippen LogP contribution >= 0.6 is 11.8 Å². The predicted octanol–water partition coefficient (Wildman–Crippen LogP) is 2.08. The van der Waals surface area contributed by atoms with Gasteiger partial charge in [0.2, 0.25) is 5.89 Å². The normalized spacial score (nSPS) is 11.7. The van der Waals surface area contributed by atoms with Crippen LogP contribution < -0.4 is 0 Å². The first-order valence-electron chi connectivity index (χ1n) is 5.02. The van der Waals surface area contributed by atoms with Gasteiger partial charge in [0.15, 0.2) is 5.82 Å². The first-order valence-corrected chi connectivity index (χ1v) is 6.17. The number of carboxylic acid groups (broad SMARTS) is 1.